The SMILES string of the molecule is O=C(Nc1cccc2cccnc12)c1ocnc1-c1ccccc1. The van der Waals surface area contributed by atoms with E-state index in [-0.39, 0.29) is 11.7 Å². The fraction of sp³-hybridized carbons (Fsp3) is 0. The van der Waals surface area contributed by atoms with Gasteiger partial charge in [-0.1, -0.05) is 48.5 Å². The van der Waals surface area contributed by atoms with Gasteiger partial charge in [0.05, 0.1) is 11.2 Å². The average molecular weight is 315 g/mol. The number of nitrogens with zero attached hydrogens (tertiary/aromatic N) is 2. The minimum Gasteiger partial charge on any atom is -0.438 e. The molecule has 5 heteroatoms. The van der Waals surface area contributed by atoms with Crippen LogP contribution in [0.25, 0.3) is 22.2 Å². The van der Waals surface area contributed by atoms with Crippen molar-refractivity contribution < 1.29 is 9.21 Å². The Kier molecular flexibility index (Phi) is 3.51. The molecular formula is C19H13N3O2. The molecule has 0 bridgehead atoms. The molecule has 5 nitrogen and oxygen atoms in total. The van der Waals surface area contributed by atoms with E-state index in [0.29, 0.717) is 11.4 Å². The zero-order valence-corrected chi connectivity index (χ0v) is 12.6. The Bertz CT molecular complexity index is 1000. The normalized spacial score (nSPS) is 10.7. The number of aromatic nitrogens is 2. The smallest absolute Gasteiger partial charge is 0.293 e. The van der Waals surface area contributed by atoms with Crippen molar-refractivity contribution in [1.29, 1.82) is 0 Å². The van der Waals surface area contributed by atoms with Crippen molar-refractivity contribution in [2.75, 3.05) is 5.32 Å². The first kappa shape index (κ1) is 14.1. The molecule has 0 saturated carbocycles. The van der Waals surface area contributed by atoms with Gasteiger partial charge in [-0.15, -0.1) is 0 Å². The van der Waals surface area contributed by atoms with Crippen LogP contribution in [0.5, 0.6) is 0 Å². The van der Waals surface area contributed by atoms with Gasteiger partial charge in [-0.3, -0.25) is 9.78 Å². The van der Waals surface area contributed by atoms with E-state index in [1.807, 2.05) is 60.7 Å². The summed E-state index contributed by atoms with van der Waals surface area (Å²) in [6.45, 7) is 0. The van der Waals surface area contributed by atoms with Crippen molar-refractivity contribution in [2.24, 2.45) is 0 Å². The maximum atomic E-state index is 12.6. The van der Waals surface area contributed by atoms with Gasteiger partial charge in [0.15, 0.2) is 6.39 Å². The van der Waals surface area contributed by atoms with Gasteiger partial charge >= 0.3 is 0 Å². The first-order valence-electron chi connectivity index (χ1n) is 7.47. The fourth-order valence-corrected chi connectivity index (χ4v) is 2.59. The van der Waals surface area contributed by atoms with E-state index >= 15 is 0 Å². The molecule has 0 aliphatic carbocycles. The van der Waals surface area contributed by atoms with Crippen LogP contribution >= 0.6 is 0 Å². The number of anilines is 1. The van der Waals surface area contributed by atoms with Gasteiger partial charge in [0.1, 0.15) is 5.69 Å². The summed E-state index contributed by atoms with van der Waals surface area (Å²) in [5.74, 6) is -0.182. The molecule has 4 rings (SSSR count). The van der Waals surface area contributed by atoms with Crippen LogP contribution < -0.4 is 5.32 Å². The highest BCUT2D eigenvalue weighted by Gasteiger charge is 2.19. The van der Waals surface area contributed by atoms with Crippen LogP contribution in [-0.4, -0.2) is 15.9 Å². The highest BCUT2D eigenvalue weighted by atomic mass is 16.3. The highest BCUT2D eigenvalue weighted by Crippen LogP contribution is 2.25. The molecule has 0 aliphatic heterocycles. The molecule has 0 saturated heterocycles. The number of oxazole rings is 1. The number of para-hydroxylation sites is 1. The number of rotatable bonds is 3. The summed E-state index contributed by atoms with van der Waals surface area (Å²) in [6, 6.07) is 18.9. The van der Waals surface area contributed by atoms with Gasteiger partial charge in [-0.05, 0) is 12.1 Å². The van der Waals surface area contributed by atoms with E-state index in [1.54, 1.807) is 6.20 Å². The molecule has 2 aromatic carbocycles. The third-order valence-electron chi connectivity index (χ3n) is 3.70. The molecule has 0 spiro atoms. The number of nitrogens with one attached hydrogen (secondary N) is 1. The Balaban J connectivity index is 1.70. The van der Waals surface area contributed by atoms with E-state index in [1.165, 1.54) is 6.39 Å². The molecule has 0 fully saturated rings. The second-order valence-electron chi connectivity index (χ2n) is 5.23. The first-order chi connectivity index (χ1) is 11.8. The Hall–Kier alpha value is -3.47. The molecular weight excluding hydrogens is 302 g/mol. The van der Waals surface area contributed by atoms with E-state index in [0.717, 1.165) is 16.5 Å². The molecule has 0 unspecified atom stereocenters. The molecule has 0 aliphatic rings. The zero-order chi connectivity index (χ0) is 16.4. The number of carbonyl (C=O) groups is 1. The van der Waals surface area contributed by atoms with Crippen LogP contribution in [0.15, 0.2) is 77.7 Å². The zero-order valence-electron chi connectivity index (χ0n) is 12.6. The van der Waals surface area contributed by atoms with Gasteiger partial charge in [-0.2, -0.15) is 0 Å². The minimum absolute atomic E-state index is 0.175. The summed E-state index contributed by atoms with van der Waals surface area (Å²) in [7, 11) is 0. The maximum absolute atomic E-state index is 12.6. The third-order valence-corrected chi connectivity index (χ3v) is 3.70. The number of benzene rings is 2. The molecule has 116 valence electrons. The average Bonchev–Trinajstić information content (AvgIpc) is 3.13. The number of carbonyl (C=O) groups excluding carboxylic acids is 1. The Morgan fingerprint density at radius 1 is 0.917 bits per heavy atom. The summed E-state index contributed by atoms with van der Waals surface area (Å²) in [5.41, 5.74) is 2.70. The van der Waals surface area contributed by atoms with Crippen molar-refractivity contribution in [3.8, 4) is 11.3 Å². The molecule has 2 aromatic heterocycles. The highest BCUT2D eigenvalue weighted by molar-refractivity contribution is 6.09. The summed E-state index contributed by atoms with van der Waals surface area (Å²) < 4.78 is 5.32. The largest absolute Gasteiger partial charge is 0.438 e. The van der Waals surface area contributed by atoms with Crippen molar-refractivity contribution >= 4 is 22.5 Å². The predicted molar refractivity (Wildman–Crippen MR) is 91.6 cm³/mol. The number of fused-ring (bicyclic) bond motifs is 1. The summed E-state index contributed by atoms with van der Waals surface area (Å²) in [6.07, 6.45) is 2.97. The molecule has 1 amide bonds. The lowest BCUT2D eigenvalue weighted by molar-refractivity contribution is 0.0997. The topological polar surface area (TPSA) is 68.0 Å². The Morgan fingerprint density at radius 2 is 1.75 bits per heavy atom. The summed E-state index contributed by atoms with van der Waals surface area (Å²) in [4.78, 5) is 21.1. The number of hydrogen-bond acceptors (Lipinski definition) is 4. The van der Waals surface area contributed by atoms with Crippen molar-refractivity contribution in [1.82, 2.24) is 9.97 Å². The van der Waals surface area contributed by atoms with Crippen molar-refractivity contribution in [3.63, 3.8) is 0 Å². The van der Waals surface area contributed by atoms with Crippen LogP contribution in [-0.2, 0) is 0 Å². The second-order valence-corrected chi connectivity index (χ2v) is 5.23. The monoisotopic (exact) mass is 315 g/mol. The van der Waals surface area contributed by atoms with Gasteiger partial charge in [0.25, 0.3) is 5.91 Å². The number of pyridine rings is 1. The summed E-state index contributed by atoms with van der Waals surface area (Å²) in [5, 5.41) is 3.82. The number of amides is 1. The Morgan fingerprint density at radius 3 is 2.62 bits per heavy atom. The van der Waals surface area contributed by atoms with E-state index in [2.05, 4.69) is 15.3 Å². The van der Waals surface area contributed by atoms with Gasteiger partial charge in [0, 0.05) is 17.1 Å². The quantitative estimate of drug-likeness (QED) is 0.617. The first-order valence-corrected chi connectivity index (χ1v) is 7.47. The van der Waals surface area contributed by atoms with E-state index < -0.39 is 0 Å². The van der Waals surface area contributed by atoms with Crippen LogP contribution in [0.4, 0.5) is 5.69 Å². The standard InChI is InChI=1S/C19H13N3O2/c23-19(18-17(21-12-24-18)14-6-2-1-3-7-14)22-15-10-4-8-13-9-5-11-20-16(13)15/h1-12H,(H,22,23). The molecule has 1 N–H and O–H groups in total. The van der Waals surface area contributed by atoms with Gasteiger partial charge < -0.3 is 9.73 Å². The predicted octanol–water partition coefficient (Wildman–Crippen LogP) is 4.14. The molecule has 4 aromatic rings. The van der Waals surface area contributed by atoms with Crippen LogP contribution in [0.1, 0.15) is 10.6 Å². The third kappa shape index (κ3) is 2.52. The second kappa shape index (κ2) is 5.96. The minimum atomic E-state index is -0.357. The molecule has 0 radical (unpaired) electrons. The maximum Gasteiger partial charge on any atom is 0.293 e. The van der Waals surface area contributed by atoms with Crippen LogP contribution in [0.3, 0.4) is 0 Å². The number of hydrogen-bond donors (Lipinski definition) is 1. The summed E-state index contributed by atoms with van der Waals surface area (Å²) >= 11 is 0. The van der Waals surface area contributed by atoms with Crippen molar-refractivity contribution in [2.45, 2.75) is 0 Å². The van der Waals surface area contributed by atoms with E-state index in [9.17, 15) is 4.79 Å². The van der Waals surface area contributed by atoms with E-state index in [4.69, 9.17) is 4.42 Å². The molecule has 2 heterocycles. The lowest BCUT2D eigenvalue weighted by atomic mass is 10.1. The van der Waals surface area contributed by atoms with Crippen LogP contribution in [0, 0.1) is 0 Å². The molecule has 0 atom stereocenters. The van der Waals surface area contributed by atoms with Gasteiger partial charge in [0.2, 0.25) is 5.76 Å². The molecule has 24 heavy (non-hydrogen) atoms. The lowest BCUT2D eigenvalue weighted by Gasteiger charge is -2.07. The Labute approximate surface area is 138 Å². The lowest BCUT2D eigenvalue weighted by Crippen LogP contribution is -2.12. The fourth-order valence-electron chi connectivity index (χ4n) is 2.59. The van der Waals surface area contributed by atoms with Crippen molar-refractivity contribution in [3.05, 3.63) is 79.0 Å². The van der Waals surface area contributed by atoms with Gasteiger partial charge in [-0.25, -0.2) is 4.98 Å². The van der Waals surface area contributed by atoms with Crippen LogP contribution in [0.2, 0.25) is 0 Å².